The minimum absolute atomic E-state index is 0.0462. The first kappa shape index (κ1) is 17.3. The van der Waals surface area contributed by atoms with Crippen molar-refractivity contribution in [1.29, 1.82) is 5.41 Å². The van der Waals surface area contributed by atoms with E-state index < -0.39 is 0 Å². The van der Waals surface area contributed by atoms with E-state index in [0.29, 0.717) is 16.1 Å². The summed E-state index contributed by atoms with van der Waals surface area (Å²) in [6.45, 7) is 0. The molecule has 0 amide bonds. The maximum atomic E-state index is 14.8. The number of rotatable bonds is 2. The van der Waals surface area contributed by atoms with Crippen LogP contribution in [0.25, 0.3) is 0 Å². The Bertz CT molecular complexity index is 1090. The van der Waals surface area contributed by atoms with Crippen LogP contribution >= 0.6 is 11.6 Å². The number of nitrogen functional groups attached to an aromatic ring is 1. The second kappa shape index (κ2) is 6.35. The SMILES string of the molecule is N=C(N)c1ccc2c(c1)C1c3ccccc3CC1C(c1c(F)cccc1Cl)N2. The number of nitrogens with one attached hydrogen (secondary N) is 2. The summed E-state index contributed by atoms with van der Waals surface area (Å²) in [6.07, 6.45) is 0.840. The Morgan fingerprint density at radius 3 is 2.68 bits per heavy atom. The van der Waals surface area contributed by atoms with E-state index in [2.05, 4.69) is 17.4 Å². The van der Waals surface area contributed by atoms with E-state index in [1.165, 1.54) is 17.2 Å². The predicted molar refractivity (Wildman–Crippen MR) is 111 cm³/mol. The standard InChI is InChI=1S/C23H19ClFN3/c24-17-6-3-7-18(25)21(17)22-16-10-12-4-1-2-5-14(12)20(16)15-11-13(23(26)27)8-9-19(15)28-22/h1-9,11,16,20,22,28H,10H2,(H3,26,27). The first-order valence-electron chi connectivity index (χ1n) is 9.31. The molecule has 1 heterocycles. The average Bonchev–Trinajstić information content (AvgIpc) is 3.07. The van der Waals surface area contributed by atoms with E-state index >= 15 is 0 Å². The maximum Gasteiger partial charge on any atom is 0.129 e. The lowest BCUT2D eigenvalue weighted by Crippen LogP contribution is -2.31. The Labute approximate surface area is 167 Å². The lowest BCUT2D eigenvalue weighted by atomic mass is 9.75. The van der Waals surface area contributed by atoms with E-state index in [1.54, 1.807) is 12.1 Å². The fourth-order valence-electron chi connectivity index (χ4n) is 4.82. The largest absolute Gasteiger partial charge is 0.384 e. The zero-order chi connectivity index (χ0) is 19.4. The van der Waals surface area contributed by atoms with Gasteiger partial charge in [-0.1, -0.05) is 41.9 Å². The zero-order valence-electron chi connectivity index (χ0n) is 15.0. The molecule has 0 aromatic heterocycles. The molecule has 3 unspecified atom stereocenters. The van der Waals surface area contributed by atoms with Gasteiger partial charge in [0.15, 0.2) is 0 Å². The third-order valence-electron chi connectivity index (χ3n) is 6.02. The number of anilines is 1. The highest BCUT2D eigenvalue weighted by molar-refractivity contribution is 6.31. The molecule has 5 rings (SSSR count). The molecule has 0 saturated carbocycles. The highest BCUT2D eigenvalue weighted by Crippen LogP contribution is 2.54. The topological polar surface area (TPSA) is 61.9 Å². The van der Waals surface area contributed by atoms with E-state index in [-0.39, 0.29) is 29.5 Å². The van der Waals surface area contributed by atoms with Gasteiger partial charge in [0, 0.05) is 27.8 Å². The van der Waals surface area contributed by atoms with Crippen molar-refractivity contribution in [2.45, 2.75) is 18.4 Å². The molecule has 28 heavy (non-hydrogen) atoms. The van der Waals surface area contributed by atoms with Gasteiger partial charge in [0.2, 0.25) is 0 Å². The molecule has 1 aliphatic carbocycles. The normalized spacial score (nSPS) is 22.0. The van der Waals surface area contributed by atoms with E-state index in [9.17, 15) is 4.39 Å². The molecule has 5 heteroatoms. The maximum absolute atomic E-state index is 14.8. The molecule has 0 spiro atoms. The number of benzene rings is 3. The van der Waals surface area contributed by atoms with Crippen LogP contribution in [0.4, 0.5) is 10.1 Å². The quantitative estimate of drug-likeness (QED) is 0.413. The Morgan fingerprint density at radius 2 is 1.89 bits per heavy atom. The molecule has 140 valence electrons. The molecule has 0 fully saturated rings. The first-order chi connectivity index (χ1) is 13.5. The number of halogens is 2. The summed E-state index contributed by atoms with van der Waals surface area (Å²) in [5.74, 6) is -0.0117. The summed E-state index contributed by atoms with van der Waals surface area (Å²) in [5.41, 5.74) is 11.5. The highest BCUT2D eigenvalue weighted by Gasteiger charge is 2.44. The van der Waals surface area contributed by atoms with E-state index in [0.717, 1.165) is 17.7 Å². The van der Waals surface area contributed by atoms with Crippen LogP contribution in [0.3, 0.4) is 0 Å². The van der Waals surface area contributed by atoms with Gasteiger partial charge in [0.05, 0.1) is 6.04 Å². The Morgan fingerprint density at radius 1 is 1.07 bits per heavy atom. The van der Waals surface area contributed by atoms with Gasteiger partial charge in [-0.15, -0.1) is 0 Å². The van der Waals surface area contributed by atoms with Crippen LogP contribution in [-0.2, 0) is 6.42 Å². The lowest BCUT2D eigenvalue weighted by Gasteiger charge is -2.38. The molecule has 1 aliphatic heterocycles. The molecule has 0 bridgehead atoms. The predicted octanol–water partition coefficient (Wildman–Crippen LogP) is 5.23. The molecule has 3 aromatic carbocycles. The summed E-state index contributed by atoms with van der Waals surface area (Å²) in [6, 6.07) is 18.7. The van der Waals surface area contributed by atoms with Crippen LogP contribution in [0, 0.1) is 17.1 Å². The molecular formula is C23H19ClFN3. The summed E-state index contributed by atoms with van der Waals surface area (Å²) < 4.78 is 14.8. The first-order valence-corrected chi connectivity index (χ1v) is 9.69. The highest BCUT2D eigenvalue weighted by atomic mass is 35.5. The number of nitrogens with two attached hydrogens (primary N) is 1. The van der Waals surface area contributed by atoms with Crippen LogP contribution in [0.1, 0.15) is 39.8 Å². The Kier molecular flexibility index (Phi) is 3.91. The smallest absolute Gasteiger partial charge is 0.129 e. The van der Waals surface area contributed by atoms with Gasteiger partial charge in [-0.25, -0.2) is 4.39 Å². The van der Waals surface area contributed by atoms with Crippen LogP contribution < -0.4 is 11.1 Å². The van der Waals surface area contributed by atoms with Gasteiger partial charge in [0.1, 0.15) is 11.7 Å². The van der Waals surface area contributed by atoms with E-state index in [1.807, 2.05) is 30.3 Å². The van der Waals surface area contributed by atoms with Crippen LogP contribution in [0.5, 0.6) is 0 Å². The van der Waals surface area contributed by atoms with Crippen molar-refractivity contribution in [3.05, 3.63) is 99.3 Å². The van der Waals surface area contributed by atoms with Crippen LogP contribution in [-0.4, -0.2) is 5.84 Å². The van der Waals surface area contributed by atoms with Gasteiger partial charge in [0.25, 0.3) is 0 Å². The third kappa shape index (κ3) is 2.52. The fourth-order valence-corrected chi connectivity index (χ4v) is 5.10. The number of hydrogen-bond donors (Lipinski definition) is 3. The second-order valence-corrected chi connectivity index (χ2v) is 7.92. The monoisotopic (exact) mass is 391 g/mol. The minimum Gasteiger partial charge on any atom is -0.384 e. The second-order valence-electron chi connectivity index (χ2n) is 7.52. The van der Waals surface area contributed by atoms with Crippen molar-refractivity contribution in [1.82, 2.24) is 0 Å². The van der Waals surface area contributed by atoms with Crippen LogP contribution in [0.2, 0.25) is 5.02 Å². The van der Waals surface area contributed by atoms with Gasteiger partial charge < -0.3 is 11.1 Å². The third-order valence-corrected chi connectivity index (χ3v) is 6.35. The molecule has 0 saturated heterocycles. The number of amidine groups is 1. The Balaban J connectivity index is 1.72. The molecule has 3 atom stereocenters. The molecule has 2 aliphatic rings. The molecule has 3 nitrogen and oxygen atoms in total. The van der Waals surface area contributed by atoms with Crippen molar-refractivity contribution in [2.75, 3.05) is 5.32 Å². The average molecular weight is 392 g/mol. The zero-order valence-corrected chi connectivity index (χ0v) is 15.8. The minimum atomic E-state index is -0.288. The van der Waals surface area contributed by atoms with Crippen molar-refractivity contribution in [3.63, 3.8) is 0 Å². The van der Waals surface area contributed by atoms with Gasteiger partial charge in [-0.2, -0.15) is 0 Å². The molecule has 0 radical (unpaired) electrons. The fraction of sp³-hybridized carbons (Fsp3) is 0.174. The molecular weight excluding hydrogens is 373 g/mol. The Hall–Kier alpha value is -2.85. The van der Waals surface area contributed by atoms with Crippen molar-refractivity contribution >= 4 is 23.1 Å². The van der Waals surface area contributed by atoms with Crippen molar-refractivity contribution in [3.8, 4) is 0 Å². The van der Waals surface area contributed by atoms with Crippen LogP contribution in [0.15, 0.2) is 60.7 Å². The molecule has 3 aromatic rings. The summed E-state index contributed by atoms with van der Waals surface area (Å²) >= 11 is 6.43. The number of fused-ring (bicyclic) bond motifs is 5. The lowest BCUT2D eigenvalue weighted by molar-refractivity contribution is 0.409. The van der Waals surface area contributed by atoms with Gasteiger partial charge >= 0.3 is 0 Å². The summed E-state index contributed by atoms with van der Waals surface area (Å²) in [4.78, 5) is 0. The van der Waals surface area contributed by atoms with Gasteiger partial charge in [-0.3, -0.25) is 5.41 Å². The summed E-state index contributed by atoms with van der Waals surface area (Å²) in [7, 11) is 0. The number of hydrogen-bond acceptors (Lipinski definition) is 2. The van der Waals surface area contributed by atoms with Gasteiger partial charge in [-0.05, 0) is 59.4 Å². The van der Waals surface area contributed by atoms with Crippen molar-refractivity contribution < 1.29 is 4.39 Å². The summed E-state index contributed by atoms with van der Waals surface area (Å²) in [5, 5.41) is 11.8. The van der Waals surface area contributed by atoms with E-state index in [4.69, 9.17) is 22.7 Å². The van der Waals surface area contributed by atoms with Crippen molar-refractivity contribution in [2.24, 2.45) is 11.7 Å². The molecule has 4 N–H and O–H groups in total.